The number of alkyl halides is 3. The van der Waals surface area contributed by atoms with Crippen molar-refractivity contribution in [2.24, 2.45) is 0 Å². The lowest BCUT2D eigenvalue weighted by Crippen LogP contribution is -2.35. The Kier molecular flexibility index (Phi) is 4.12. The number of aromatic carboxylic acids is 1. The van der Waals surface area contributed by atoms with Crippen LogP contribution in [0, 0.1) is 0 Å². The van der Waals surface area contributed by atoms with Gasteiger partial charge in [-0.2, -0.15) is 13.2 Å². The van der Waals surface area contributed by atoms with Gasteiger partial charge in [0, 0.05) is 6.54 Å². The lowest BCUT2D eigenvalue weighted by Gasteiger charge is -2.10. The molecule has 2 aromatic rings. The van der Waals surface area contributed by atoms with Crippen molar-refractivity contribution in [3.05, 3.63) is 47.5 Å². The largest absolute Gasteiger partial charge is 0.511 e. The van der Waals surface area contributed by atoms with Gasteiger partial charge in [-0.05, 0) is 34.5 Å². The molecule has 2 aromatic carbocycles. The Morgan fingerprint density at radius 1 is 1.09 bits per heavy atom. The van der Waals surface area contributed by atoms with E-state index in [1.807, 2.05) is 0 Å². The van der Waals surface area contributed by atoms with Gasteiger partial charge in [-0.3, -0.25) is 0 Å². The Hall–Kier alpha value is -2.13. The van der Waals surface area contributed by atoms with Crippen LogP contribution in [0.5, 0.6) is 0 Å². The highest BCUT2D eigenvalue weighted by molar-refractivity contribution is 7.90. The fourth-order valence-corrected chi connectivity index (χ4v) is 2.32. The summed E-state index contributed by atoms with van der Waals surface area (Å²) in [5.41, 5.74) is -4.96. The van der Waals surface area contributed by atoms with Gasteiger partial charge in [0.2, 0.25) is 0 Å². The molecule has 2 rings (SSSR count). The second-order valence-corrected chi connectivity index (χ2v) is 6.23. The van der Waals surface area contributed by atoms with Crippen molar-refractivity contribution in [2.75, 3.05) is 0 Å². The molecule has 9 heteroatoms. The summed E-state index contributed by atoms with van der Waals surface area (Å²) in [5.74, 6) is -1.09. The molecule has 0 aliphatic carbocycles. The number of hydrogen-bond donors (Lipinski definition) is 2. The van der Waals surface area contributed by atoms with Gasteiger partial charge in [0.05, 0.1) is 5.56 Å². The van der Waals surface area contributed by atoms with E-state index in [4.69, 9.17) is 5.11 Å². The lowest BCUT2D eigenvalue weighted by molar-refractivity contribution is -0.0448. The SMILES string of the molecule is O=C(O)c1ccc2cc(CNS(=O)(=O)C(F)(F)F)ccc2c1. The molecule has 0 fully saturated rings. The molecule has 118 valence electrons. The maximum absolute atomic E-state index is 12.2. The fourth-order valence-electron chi connectivity index (χ4n) is 1.80. The number of fused-ring (bicyclic) bond motifs is 1. The van der Waals surface area contributed by atoms with E-state index in [1.165, 1.54) is 41.1 Å². The number of carboxylic acid groups (broad SMARTS) is 1. The summed E-state index contributed by atoms with van der Waals surface area (Å²) < 4.78 is 59.9. The van der Waals surface area contributed by atoms with E-state index in [2.05, 4.69) is 0 Å². The Labute approximate surface area is 123 Å². The van der Waals surface area contributed by atoms with Gasteiger partial charge >= 0.3 is 21.5 Å². The second-order valence-electron chi connectivity index (χ2n) is 4.47. The minimum absolute atomic E-state index is 0.0815. The van der Waals surface area contributed by atoms with Crippen LogP contribution >= 0.6 is 0 Å². The van der Waals surface area contributed by atoms with Crippen molar-refractivity contribution >= 4 is 26.8 Å². The van der Waals surface area contributed by atoms with Crippen molar-refractivity contribution in [3.8, 4) is 0 Å². The van der Waals surface area contributed by atoms with Crippen molar-refractivity contribution in [1.82, 2.24) is 4.72 Å². The van der Waals surface area contributed by atoms with Crippen molar-refractivity contribution in [1.29, 1.82) is 0 Å². The monoisotopic (exact) mass is 333 g/mol. The van der Waals surface area contributed by atoms with E-state index in [0.29, 0.717) is 16.3 Å². The molecule has 0 saturated carbocycles. The maximum Gasteiger partial charge on any atom is 0.511 e. The molecule has 0 spiro atoms. The minimum Gasteiger partial charge on any atom is -0.478 e. The van der Waals surface area contributed by atoms with Crippen LogP contribution in [-0.4, -0.2) is 25.0 Å². The molecule has 0 unspecified atom stereocenters. The molecule has 0 heterocycles. The normalized spacial score (nSPS) is 12.5. The van der Waals surface area contributed by atoms with E-state index in [-0.39, 0.29) is 5.56 Å². The molecule has 0 atom stereocenters. The van der Waals surface area contributed by atoms with Gasteiger partial charge in [0.25, 0.3) is 0 Å². The van der Waals surface area contributed by atoms with Crippen LogP contribution in [0.4, 0.5) is 13.2 Å². The molecule has 0 aliphatic rings. The number of benzene rings is 2. The average molecular weight is 333 g/mol. The van der Waals surface area contributed by atoms with Gasteiger partial charge in [-0.15, -0.1) is 0 Å². The summed E-state index contributed by atoms with van der Waals surface area (Å²) in [6.07, 6.45) is 0. The highest BCUT2D eigenvalue weighted by Gasteiger charge is 2.45. The highest BCUT2D eigenvalue weighted by atomic mass is 32.2. The predicted octanol–water partition coefficient (Wildman–Crippen LogP) is 2.48. The van der Waals surface area contributed by atoms with Crippen LogP contribution in [0.15, 0.2) is 36.4 Å². The van der Waals surface area contributed by atoms with Crippen LogP contribution in [0.3, 0.4) is 0 Å². The van der Waals surface area contributed by atoms with Gasteiger partial charge in [0.15, 0.2) is 0 Å². The third-order valence-electron chi connectivity index (χ3n) is 2.92. The number of carboxylic acids is 1. The van der Waals surface area contributed by atoms with Crippen LogP contribution in [0.1, 0.15) is 15.9 Å². The zero-order chi connectivity index (χ0) is 16.5. The predicted molar refractivity (Wildman–Crippen MR) is 72.7 cm³/mol. The summed E-state index contributed by atoms with van der Waals surface area (Å²) in [7, 11) is -5.39. The average Bonchev–Trinajstić information content (AvgIpc) is 2.43. The third-order valence-corrected chi connectivity index (χ3v) is 4.06. The fraction of sp³-hybridized carbons (Fsp3) is 0.154. The molecule has 5 nitrogen and oxygen atoms in total. The first-order valence-corrected chi connectivity index (χ1v) is 7.40. The number of carbonyl (C=O) groups is 1. The molecular weight excluding hydrogens is 323 g/mol. The summed E-state index contributed by atoms with van der Waals surface area (Å²) in [6, 6.07) is 8.70. The zero-order valence-electron chi connectivity index (χ0n) is 10.9. The van der Waals surface area contributed by atoms with Crippen LogP contribution in [0.2, 0.25) is 0 Å². The molecule has 0 bridgehead atoms. The smallest absolute Gasteiger partial charge is 0.478 e. The van der Waals surface area contributed by atoms with E-state index < -0.39 is 28.0 Å². The standard InChI is InChI=1S/C13H10F3NO4S/c14-13(15,16)22(20,21)17-7-8-1-2-10-6-11(12(18)19)4-3-9(10)5-8/h1-6,17H,7H2,(H,18,19). The molecule has 0 radical (unpaired) electrons. The first-order valence-electron chi connectivity index (χ1n) is 5.92. The molecule has 2 N–H and O–H groups in total. The number of sulfonamides is 1. The molecule has 0 aliphatic heterocycles. The Morgan fingerprint density at radius 2 is 1.68 bits per heavy atom. The van der Waals surface area contributed by atoms with Crippen LogP contribution < -0.4 is 4.72 Å². The van der Waals surface area contributed by atoms with Gasteiger partial charge in [0.1, 0.15) is 0 Å². The summed E-state index contributed by atoms with van der Waals surface area (Å²) >= 11 is 0. The van der Waals surface area contributed by atoms with Crippen molar-refractivity contribution in [2.45, 2.75) is 12.1 Å². The number of nitrogens with one attached hydrogen (secondary N) is 1. The van der Waals surface area contributed by atoms with Gasteiger partial charge in [-0.1, -0.05) is 18.2 Å². The summed E-state index contributed by atoms with van der Waals surface area (Å²) in [4.78, 5) is 10.8. The molecule has 0 amide bonds. The van der Waals surface area contributed by atoms with Gasteiger partial charge < -0.3 is 5.11 Å². The quantitative estimate of drug-likeness (QED) is 0.900. The molecular formula is C13H10F3NO4S. The molecule has 0 saturated heterocycles. The molecule has 0 aromatic heterocycles. The first-order chi connectivity index (χ1) is 10.1. The first kappa shape index (κ1) is 16.2. The summed E-state index contributed by atoms with van der Waals surface area (Å²) in [5, 5.41) is 10.0. The Balaban J connectivity index is 2.24. The van der Waals surface area contributed by atoms with E-state index in [1.54, 1.807) is 0 Å². The van der Waals surface area contributed by atoms with Crippen molar-refractivity contribution < 1.29 is 31.5 Å². The second kappa shape index (κ2) is 5.58. The van der Waals surface area contributed by atoms with Crippen LogP contribution in [0.25, 0.3) is 10.8 Å². The van der Waals surface area contributed by atoms with Crippen LogP contribution in [-0.2, 0) is 16.6 Å². The summed E-state index contributed by atoms with van der Waals surface area (Å²) in [6.45, 7) is -0.515. The molecule has 22 heavy (non-hydrogen) atoms. The number of halogens is 3. The number of hydrogen-bond acceptors (Lipinski definition) is 3. The third kappa shape index (κ3) is 3.37. The van der Waals surface area contributed by atoms with Crippen molar-refractivity contribution in [3.63, 3.8) is 0 Å². The lowest BCUT2D eigenvalue weighted by atomic mass is 10.0. The van der Waals surface area contributed by atoms with E-state index in [9.17, 15) is 26.4 Å². The zero-order valence-corrected chi connectivity index (χ0v) is 11.7. The number of rotatable bonds is 4. The Bertz CT molecular complexity index is 831. The minimum atomic E-state index is -5.39. The van der Waals surface area contributed by atoms with E-state index in [0.717, 1.165) is 0 Å². The topological polar surface area (TPSA) is 83.5 Å². The Morgan fingerprint density at radius 3 is 2.27 bits per heavy atom. The van der Waals surface area contributed by atoms with E-state index >= 15 is 0 Å². The van der Waals surface area contributed by atoms with Gasteiger partial charge in [-0.25, -0.2) is 17.9 Å². The maximum atomic E-state index is 12.2. The highest BCUT2D eigenvalue weighted by Crippen LogP contribution is 2.23.